The van der Waals surface area contributed by atoms with E-state index in [1.807, 2.05) is 0 Å². The molecule has 2 aliphatic heterocycles. The fourth-order valence-electron chi connectivity index (χ4n) is 4.04. The molecular weight excluding hydrogens is 482 g/mol. The van der Waals surface area contributed by atoms with Crippen molar-refractivity contribution in [3.8, 4) is 5.75 Å². The second-order valence-electron chi connectivity index (χ2n) is 8.69. The van der Waals surface area contributed by atoms with Gasteiger partial charge in [0, 0.05) is 24.1 Å². The van der Waals surface area contributed by atoms with Gasteiger partial charge in [0.15, 0.2) is 0 Å². The molecule has 9 N–H and O–H groups in total. The Bertz CT molecular complexity index is 884. The van der Waals surface area contributed by atoms with Gasteiger partial charge >= 0.3 is 5.97 Å². The molecule has 8 atom stereocenters. The largest absolute Gasteiger partial charge is 0.507 e. The van der Waals surface area contributed by atoms with Crippen LogP contribution in [0.15, 0.2) is 18.2 Å². The Morgan fingerprint density at radius 2 is 2.03 bits per heavy atom. The molecule has 0 bridgehead atoms. The number of rotatable bonds is 9. The number of phenolic OH excluding ortho intramolecular Hbond substituents is 1. The molecule has 2 heterocycles. The van der Waals surface area contributed by atoms with Crippen LogP contribution in [-0.2, 0) is 14.3 Å². The predicted octanol–water partition coefficient (Wildman–Crippen LogP) is -1.85. The number of hydrogen-bond acceptors (Lipinski definition) is 12. The zero-order chi connectivity index (χ0) is 25.7. The molecule has 2 saturated heterocycles. The number of phenols is 1. The summed E-state index contributed by atoms with van der Waals surface area (Å²) >= 11 is 1.02. The first-order valence-electron chi connectivity index (χ1n) is 11.4. The highest BCUT2D eigenvalue weighted by molar-refractivity contribution is 7.99. The van der Waals surface area contributed by atoms with Crippen molar-refractivity contribution in [1.82, 2.24) is 10.6 Å². The normalized spacial score (nSPS) is 30.4. The minimum Gasteiger partial charge on any atom is -0.507 e. The third-order valence-corrected chi connectivity index (χ3v) is 7.18. The maximum absolute atomic E-state index is 12.6. The van der Waals surface area contributed by atoms with Crippen molar-refractivity contribution in [2.75, 3.05) is 31.2 Å². The molecule has 1 amide bonds. The minimum absolute atomic E-state index is 0.0512. The predicted molar refractivity (Wildman–Crippen MR) is 127 cm³/mol. The molecule has 12 nitrogen and oxygen atoms in total. The number of nitrogens with two attached hydrogens (primary N) is 1. The number of esters is 1. The third kappa shape index (κ3) is 6.76. The number of carbonyl (C=O) groups is 2. The van der Waals surface area contributed by atoms with Crippen molar-refractivity contribution in [2.45, 2.75) is 55.3 Å². The summed E-state index contributed by atoms with van der Waals surface area (Å²) in [5.41, 5.74) is 4.75. The molecule has 0 saturated carbocycles. The van der Waals surface area contributed by atoms with Gasteiger partial charge in [0.25, 0.3) is 0 Å². The Kier molecular flexibility index (Phi) is 9.58. The number of benzene rings is 1. The number of nitrogen functional groups attached to an aromatic ring is 1. The SMILES string of the molecule is CC(O)C(NC(=O)C1CCNC1)C1OC(SCCOC(=O)c2ccc(N)cc2O)C(O)C(O)C1O. The van der Waals surface area contributed by atoms with Crippen molar-refractivity contribution in [1.29, 1.82) is 0 Å². The Morgan fingerprint density at radius 3 is 2.66 bits per heavy atom. The van der Waals surface area contributed by atoms with Crippen molar-refractivity contribution in [3.05, 3.63) is 23.8 Å². The molecule has 13 heteroatoms. The Hall–Kier alpha value is -2.13. The van der Waals surface area contributed by atoms with Gasteiger partial charge in [-0.1, -0.05) is 0 Å². The zero-order valence-electron chi connectivity index (χ0n) is 19.2. The number of aliphatic hydroxyl groups excluding tert-OH is 4. The first-order valence-corrected chi connectivity index (χ1v) is 12.4. The fourth-order valence-corrected chi connectivity index (χ4v) is 5.02. The number of nitrogens with one attached hydrogen (secondary N) is 2. The number of hydrogen-bond donors (Lipinski definition) is 8. The molecule has 8 unspecified atom stereocenters. The third-order valence-electron chi connectivity index (χ3n) is 6.06. The summed E-state index contributed by atoms with van der Waals surface area (Å²) in [5.74, 6) is -1.52. The smallest absolute Gasteiger partial charge is 0.341 e. The summed E-state index contributed by atoms with van der Waals surface area (Å²) in [4.78, 5) is 24.7. The Labute approximate surface area is 206 Å². The van der Waals surface area contributed by atoms with E-state index in [-0.39, 0.29) is 35.5 Å². The maximum Gasteiger partial charge on any atom is 0.341 e. The van der Waals surface area contributed by atoms with E-state index in [1.54, 1.807) is 0 Å². The lowest BCUT2D eigenvalue weighted by molar-refractivity contribution is -0.211. The van der Waals surface area contributed by atoms with E-state index >= 15 is 0 Å². The second-order valence-corrected chi connectivity index (χ2v) is 9.90. The van der Waals surface area contributed by atoms with Crippen LogP contribution in [0.25, 0.3) is 0 Å². The van der Waals surface area contributed by atoms with E-state index in [0.717, 1.165) is 11.8 Å². The number of carbonyl (C=O) groups excluding carboxylic acids is 2. The molecule has 196 valence electrons. The molecule has 3 rings (SSSR count). The van der Waals surface area contributed by atoms with Crippen LogP contribution < -0.4 is 16.4 Å². The lowest BCUT2D eigenvalue weighted by Crippen LogP contribution is -2.65. The zero-order valence-corrected chi connectivity index (χ0v) is 20.1. The number of thioether (sulfide) groups is 1. The quantitative estimate of drug-likeness (QED) is 0.104. The molecule has 2 fully saturated rings. The maximum atomic E-state index is 12.6. The number of anilines is 1. The number of amides is 1. The molecule has 1 aromatic rings. The van der Waals surface area contributed by atoms with Crippen LogP contribution >= 0.6 is 11.8 Å². The van der Waals surface area contributed by atoms with Gasteiger partial charge in [0.1, 0.15) is 47.8 Å². The van der Waals surface area contributed by atoms with E-state index < -0.39 is 48.0 Å². The topological polar surface area (TPSA) is 204 Å². The molecule has 1 aromatic carbocycles. The van der Waals surface area contributed by atoms with E-state index in [9.17, 15) is 35.1 Å². The van der Waals surface area contributed by atoms with Crippen molar-refractivity contribution in [2.24, 2.45) is 5.92 Å². The lowest BCUT2D eigenvalue weighted by atomic mass is 9.91. The van der Waals surface area contributed by atoms with Crippen molar-refractivity contribution < 1.29 is 44.6 Å². The van der Waals surface area contributed by atoms with Crippen LogP contribution in [0.5, 0.6) is 5.75 Å². The molecular formula is C22H33N3O9S. The first kappa shape index (κ1) is 27.5. The summed E-state index contributed by atoms with van der Waals surface area (Å²) < 4.78 is 10.9. The molecule has 0 aromatic heterocycles. The van der Waals surface area contributed by atoms with Crippen LogP contribution in [0.1, 0.15) is 23.7 Å². The van der Waals surface area contributed by atoms with Crippen LogP contribution in [0.2, 0.25) is 0 Å². The summed E-state index contributed by atoms with van der Waals surface area (Å²) in [6, 6.07) is 2.98. The van der Waals surface area contributed by atoms with Crippen LogP contribution in [0.4, 0.5) is 5.69 Å². The Balaban J connectivity index is 1.57. The molecule has 0 radical (unpaired) electrons. The highest BCUT2D eigenvalue weighted by atomic mass is 32.2. The molecule has 35 heavy (non-hydrogen) atoms. The van der Waals surface area contributed by atoms with Crippen LogP contribution in [0.3, 0.4) is 0 Å². The van der Waals surface area contributed by atoms with Gasteiger partial charge in [0.05, 0.1) is 18.1 Å². The lowest BCUT2D eigenvalue weighted by Gasteiger charge is -2.44. The van der Waals surface area contributed by atoms with Crippen LogP contribution in [0, 0.1) is 5.92 Å². The average molecular weight is 516 g/mol. The molecule has 2 aliphatic rings. The fraction of sp³-hybridized carbons (Fsp3) is 0.636. The first-order chi connectivity index (χ1) is 16.6. The van der Waals surface area contributed by atoms with E-state index in [4.69, 9.17) is 15.2 Å². The summed E-state index contributed by atoms with van der Waals surface area (Å²) in [6.45, 7) is 2.53. The molecule has 0 aliphatic carbocycles. The van der Waals surface area contributed by atoms with Gasteiger partial charge in [-0.2, -0.15) is 0 Å². The van der Waals surface area contributed by atoms with E-state index in [2.05, 4.69) is 10.6 Å². The standard InChI is InChI=1S/C22H33N3O9S/c1-10(26)15(25-20(31)11-4-5-24-9-11)19-17(29)16(28)18(30)22(34-19)35-7-6-33-21(32)13-3-2-12(23)8-14(13)27/h2-3,8,10-11,15-19,22,24,26-30H,4-7,9,23H2,1H3,(H,25,31). The summed E-state index contributed by atoms with van der Waals surface area (Å²) in [7, 11) is 0. The van der Waals surface area contributed by atoms with Gasteiger partial charge in [0.2, 0.25) is 5.91 Å². The van der Waals surface area contributed by atoms with Crippen LogP contribution in [-0.4, -0.2) is 105 Å². The second kappa shape index (κ2) is 12.2. The highest BCUT2D eigenvalue weighted by Gasteiger charge is 2.48. The van der Waals surface area contributed by atoms with E-state index in [0.29, 0.717) is 25.2 Å². The van der Waals surface area contributed by atoms with Gasteiger partial charge in [-0.25, -0.2) is 4.79 Å². The van der Waals surface area contributed by atoms with Gasteiger partial charge in [-0.3, -0.25) is 4.79 Å². The highest BCUT2D eigenvalue weighted by Crippen LogP contribution is 2.31. The Morgan fingerprint density at radius 1 is 1.29 bits per heavy atom. The number of aromatic hydroxyl groups is 1. The average Bonchev–Trinajstić information content (AvgIpc) is 3.35. The summed E-state index contributed by atoms with van der Waals surface area (Å²) in [6.07, 6.45) is -6.29. The monoisotopic (exact) mass is 515 g/mol. The van der Waals surface area contributed by atoms with Gasteiger partial charge in [-0.15, -0.1) is 11.8 Å². The van der Waals surface area contributed by atoms with Crippen molar-refractivity contribution in [3.63, 3.8) is 0 Å². The van der Waals surface area contributed by atoms with E-state index in [1.165, 1.54) is 25.1 Å². The van der Waals surface area contributed by atoms with Crippen molar-refractivity contribution >= 4 is 29.3 Å². The minimum atomic E-state index is -1.59. The number of aliphatic hydroxyl groups is 4. The summed E-state index contributed by atoms with van der Waals surface area (Å²) in [5, 5.41) is 57.2. The van der Waals surface area contributed by atoms with Gasteiger partial charge < -0.3 is 51.4 Å². The molecule has 0 spiro atoms. The van der Waals surface area contributed by atoms with Gasteiger partial charge in [-0.05, 0) is 32.0 Å². The number of ether oxygens (including phenoxy) is 2.